The Hall–Kier alpha value is -2.60. The summed E-state index contributed by atoms with van der Waals surface area (Å²) in [4.78, 5) is 17.4. The Kier molecular flexibility index (Phi) is 5.85. The van der Waals surface area contributed by atoms with Crippen LogP contribution in [0.4, 0.5) is 0 Å². The molecular weight excluding hydrogens is 332 g/mol. The topological polar surface area (TPSA) is 59.8 Å². The van der Waals surface area contributed by atoms with Gasteiger partial charge in [-0.3, -0.25) is 4.79 Å². The van der Waals surface area contributed by atoms with Gasteiger partial charge in [-0.25, -0.2) is 9.67 Å². The number of rotatable bonds is 7. The maximum Gasteiger partial charge on any atom is 0.252 e. The van der Waals surface area contributed by atoms with E-state index in [-0.39, 0.29) is 5.91 Å². The number of hydrogen-bond donors (Lipinski definition) is 1. The van der Waals surface area contributed by atoms with Gasteiger partial charge >= 0.3 is 0 Å². The first kappa shape index (κ1) is 17.2. The average molecular weight is 352 g/mol. The van der Waals surface area contributed by atoms with E-state index in [2.05, 4.69) is 22.3 Å². The zero-order valence-electron chi connectivity index (χ0n) is 14.1. The van der Waals surface area contributed by atoms with Gasteiger partial charge in [-0.05, 0) is 29.0 Å². The first-order valence-corrected chi connectivity index (χ1v) is 9.15. The van der Waals surface area contributed by atoms with Crippen LogP contribution in [0.15, 0.2) is 66.1 Å². The summed E-state index contributed by atoms with van der Waals surface area (Å²) in [5, 5.41) is 7.10. The summed E-state index contributed by atoms with van der Waals surface area (Å²) >= 11 is 1.68. The summed E-state index contributed by atoms with van der Waals surface area (Å²) < 4.78 is 1.78. The smallest absolute Gasteiger partial charge is 0.252 e. The Labute approximate surface area is 151 Å². The lowest BCUT2D eigenvalue weighted by Crippen LogP contribution is -2.23. The molecular formula is C19H20N4OS. The maximum absolute atomic E-state index is 12.4. The van der Waals surface area contributed by atoms with Crippen LogP contribution in [0.25, 0.3) is 0 Å². The van der Waals surface area contributed by atoms with Gasteiger partial charge in [0.05, 0.1) is 12.1 Å². The highest BCUT2D eigenvalue weighted by molar-refractivity contribution is 7.99. The molecule has 0 saturated carbocycles. The van der Waals surface area contributed by atoms with Crippen LogP contribution >= 0.6 is 11.8 Å². The standard InChI is InChI=1S/C19H20N4OS/c1-2-25-18-6-4-3-5-17(18)19(24)21-11-15-7-9-16(10-8-15)12-23-14-20-13-22-23/h3-10,13-14H,2,11-12H2,1H3,(H,21,24). The lowest BCUT2D eigenvalue weighted by Gasteiger charge is -2.10. The second-order valence-corrected chi connectivity index (χ2v) is 6.83. The molecule has 0 unspecified atom stereocenters. The van der Waals surface area contributed by atoms with Gasteiger partial charge < -0.3 is 5.32 Å². The molecule has 3 rings (SSSR count). The predicted molar refractivity (Wildman–Crippen MR) is 99.6 cm³/mol. The quantitative estimate of drug-likeness (QED) is 0.662. The molecule has 6 heteroatoms. The molecule has 25 heavy (non-hydrogen) atoms. The Balaban J connectivity index is 1.59. The van der Waals surface area contributed by atoms with Gasteiger partial charge in [0.15, 0.2) is 0 Å². The number of carbonyl (C=O) groups excluding carboxylic acids is 1. The molecule has 2 aromatic carbocycles. The van der Waals surface area contributed by atoms with Crippen LogP contribution in [-0.4, -0.2) is 26.4 Å². The molecule has 5 nitrogen and oxygen atoms in total. The minimum absolute atomic E-state index is 0.0387. The first-order valence-electron chi connectivity index (χ1n) is 8.16. The van der Waals surface area contributed by atoms with E-state index in [1.54, 1.807) is 22.8 Å². The van der Waals surface area contributed by atoms with Crippen molar-refractivity contribution in [3.05, 3.63) is 77.9 Å². The summed E-state index contributed by atoms with van der Waals surface area (Å²) in [6.07, 6.45) is 3.22. The Morgan fingerprint density at radius 2 is 1.88 bits per heavy atom. The first-order chi connectivity index (χ1) is 12.3. The van der Waals surface area contributed by atoms with E-state index >= 15 is 0 Å². The van der Waals surface area contributed by atoms with Gasteiger partial charge in [0.1, 0.15) is 12.7 Å². The van der Waals surface area contributed by atoms with Crippen molar-refractivity contribution in [2.45, 2.75) is 24.9 Å². The molecule has 0 aliphatic rings. The molecule has 1 heterocycles. The number of hydrogen-bond acceptors (Lipinski definition) is 4. The predicted octanol–water partition coefficient (Wildman–Crippen LogP) is 3.37. The summed E-state index contributed by atoms with van der Waals surface area (Å²) in [7, 11) is 0. The van der Waals surface area contributed by atoms with E-state index in [1.165, 1.54) is 6.33 Å². The fraction of sp³-hybridized carbons (Fsp3) is 0.211. The van der Waals surface area contributed by atoms with Crippen molar-refractivity contribution < 1.29 is 4.79 Å². The zero-order chi connectivity index (χ0) is 17.5. The number of carbonyl (C=O) groups is 1. The highest BCUT2D eigenvalue weighted by atomic mass is 32.2. The molecule has 0 fully saturated rings. The molecule has 0 radical (unpaired) electrons. The normalized spacial score (nSPS) is 10.6. The van der Waals surface area contributed by atoms with Gasteiger partial charge in [0, 0.05) is 11.4 Å². The molecule has 0 aliphatic heterocycles. The van der Waals surface area contributed by atoms with Gasteiger partial charge in [0.2, 0.25) is 0 Å². The molecule has 0 spiro atoms. The third-order valence-corrected chi connectivity index (χ3v) is 4.67. The average Bonchev–Trinajstić information content (AvgIpc) is 3.15. The minimum Gasteiger partial charge on any atom is -0.348 e. The molecule has 0 atom stereocenters. The fourth-order valence-electron chi connectivity index (χ4n) is 2.48. The van der Waals surface area contributed by atoms with Gasteiger partial charge in [-0.1, -0.05) is 43.3 Å². The van der Waals surface area contributed by atoms with E-state index in [0.29, 0.717) is 13.1 Å². The summed E-state index contributed by atoms with van der Waals surface area (Å²) in [5.41, 5.74) is 2.94. The highest BCUT2D eigenvalue weighted by Gasteiger charge is 2.10. The molecule has 128 valence electrons. The van der Waals surface area contributed by atoms with Crippen LogP contribution < -0.4 is 5.32 Å². The van der Waals surface area contributed by atoms with E-state index < -0.39 is 0 Å². The number of benzene rings is 2. The van der Waals surface area contributed by atoms with E-state index in [9.17, 15) is 4.79 Å². The SMILES string of the molecule is CCSc1ccccc1C(=O)NCc1ccc(Cn2cncn2)cc1. The van der Waals surface area contributed by atoms with E-state index in [1.807, 2.05) is 48.5 Å². The van der Waals surface area contributed by atoms with Crippen LogP contribution in [-0.2, 0) is 13.1 Å². The molecule has 1 N–H and O–H groups in total. The molecule has 1 amide bonds. The third-order valence-electron chi connectivity index (χ3n) is 3.72. The Morgan fingerprint density at radius 3 is 2.60 bits per heavy atom. The van der Waals surface area contributed by atoms with E-state index in [4.69, 9.17) is 0 Å². The monoisotopic (exact) mass is 352 g/mol. The summed E-state index contributed by atoms with van der Waals surface area (Å²) in [5.74, 6) is 0.903. The van der Waals surface area contributed by atoms with Crippen molar-refractivity contribution in [3.8, 4) is 0 Å². The largest absolute Gasteiger partial charge is 0.348 e. The van der Waals surface area contributed by atoms with Crippen LogP contribution in [0.1, 0.15) is 28.4 Å². The summed E-state index contributed by atoms with van der Waals surface area (Å²) in [6, 6.07) is 15.9. The van der Waals surface area contributed by atoms with Crippen LogP contribution in [0.5, 0.6) is 0 Å². The van der Waals surface area contributed by atoms with Gasteiger partial charge in [-0.15, -0.1) is 11.8 Å². The van der Waals surface area contributed by atoms with Crippen molar-refractivity contribution in [2.24, 2.45) is 0 Å². The van der Waals surface area contributed by atoms with Crippen LogP contribution in [0, 0.1) is 0 Å². The van der Waals surface area contributed by atoms with E-state index in [0.717, 1.165) is 27.3 Å². The highest BCUT2D eigenvalue weighted by Crippen LogP contribution is 2.22. The fourth-order valence-corrected chi connectivity index (χ4v) is 3.28. The number of nitrogens with zero attached hydrogens (tertiary/aromatic N) is 3. The Morgan fingerprint density at radius 1 is 1.12 bits per heavy atom. The maximum atomic E-state index is 12.4. The second-order valence-electron chi connectivity index (χ2n) is 5.52. The minimum atomic E-state index is -0.0387. The lowest BCUT2D eigenvalue weighted by molar-refractivity contribution is 0.0948. The van der Waals surface area contributed by atoms with Gasteiger partial charge in [-0.2, -0.15) is 5.10 Å². The van der Waals surface area contributed by atoms with Crippen molar-refractivity contribution in [1.82, 2.24) is 20.1 Å². The molecule has 0 saturated heterocycles. The molecule has 3 aromatic rings. The van der Waals surface area contributed by atoms with Crippen LogP contribution in [0.2, 0.25) is 0 Å². The summed E-state index contributed by atoms with van der Waals surface area (Å²) in [6.45, 7) is 3.28. The van der Waals surface area contributed by atoms with Crippen molar-refractivity contribution in [2.75, 3.05) is 5.75 Å². The number of nitrogens with one attached hydrogen (secondary N) is 1. The number of thioether (sulfide) groups is 1. The third kappa shape index (κ3) is 4.70. The lowest BCUT2D eigenvalue weighted by atomic mass is 10.1. The zero-order valence-corrected chi connectivity index (χ0v) is 14.9. The molecule has 0 bridgehead atoms. The van der Waals surface area contributed by atoms with Crippen LogP contribution in [0.3, 0.4) is 0 Å². The second kappa shape index (κ2) is 8.48. The van der Waals surface area contributed by atoms with Crippen molar-refractivity contribution in [1.29, 1.82) is 0 Å². The molecule has 0 aliphatic carbocycles. The van der Waals surface area contributed by atoms with Crippen molar-refractivity contribution in [3.63, 3.8) is 0 Å². The molecule has 1 aromatic heterocycles. The Bertz CT molecular complexity index is 816. The number of aromatic nitrogens is 3. The van der Waals surface area contributed by atoms with Gasteiger partial charge in [0.25, 0.3) is 5.91 Å². The number of amides is 1. The van der Waals surface area contributed by atoms with Crippen molar-refractivity contribution >= 4 is 17.7 Å².